The van der Waals surface area contributed by atoms with Crippen molar-refractivity contribution in [3.05, 3.63) is 59.5 Å². The van der Waals surface area contributed by atoms with Crippen molar-refractivity contribution in [2.24, 2.45) is 0 Å². The molecular weight excluding hydrogens is 236 g/mol. The Balaban J connectivity index is 2.11. The molecule has 0 radical (unpaired) electrons. The van der Waals surface area contributed by atoms with E-state index >= 15 is 0 Å². The van der Waals surface area contributed by atoms with E-state index in [-0.39, 0.29) is 5.78 Å². The lowest BCUT2D eigenvalue weighted by Crippen LogP contribution is -2.00. The summed E-state index contributed by atoms with van der Waals surface area (Å²) < 4.78 is 0. The van der Waals surface area contributed by atoms with Crippen molar-refractivity contribution < 1.29 is 4.79 Å². The van der Waals surface area contributed by atoms with Crippen LogP contribution in [0, 0.1) is 0 Å². The van der Waals surface area contributed by atoms with Crippen LogP contribution in [0.2, 0.25) is 0 Å². The zero-order chi connectivity index (χ0) is 13.4. The monoisotopic (exact) mass is 250 g/mol. The predicted molar refractivity (Wildman–Crippen MR) is 75.8 cm³/mol. The van der Waals surface area contributed by atoms with Crippen LogP contribution in [0.1, 0.15) is 21.6 Å². The van der Waals surface area contributed by atoms with Gasteiger partial charge in [0, 0.05) is 37.6 Å². The second kappa shape index (κ2) is 4.35. The van der Waals surface area contributed by atoms with E-state index in [1.165, 1.54) is 0 Å². The summed E-state index contributed by atoms with van der Waals surface area (Å²) in [5.74, 6) is 0.0706. The molecule has 0 unspecified atom stereocenters. The molecule has 1 aliphatic carbocycles. The van der Waals surface area contributed by atoms with Gasteiger partial charge in [0.25, 0.3) is 0 Å². The van der Waals surface area contributed by atoms with Crippen LogP contribution in [-0.4, -0.2) is 29.8 Å². The molecule has 3 nitrogen and oxygen atoms in total. The highest BCUT2D eigenvalue weighted by atomic mass is 16.1. The molecule has 0 spiro atoms. The van der Waals surface area contributed by atoms with Crippen molar-refractivity contribution in [1.29, 1.82) is 0 Å². The van der Waals surface area contributed by atoms with Crippen molar-refractivity contribution >= 4 is 11.9 Å². The van der Waals surface area contributed by atoms with E-state index in [9.17, 15) is 4.79 Å². The Morgan fingerprint density at radius 3 is 2.53 bits per heavy atom. The van der Waals surface area contributed by atoms with Crippen LogP contribution in [0.5, 0.6) is 0 Å². The Bertz CT molecular complexity index is 687. The summed E-state index contributed by atoms with van der Waals surface area (Å²) in [4.78, 5) is 18.5. The zero-order valence-electron chi connectivity index (χ0n) is 10.9. The highest BCUT2D eigenvalue weighted by Gasteiger charge is 2.26. The lowest BCUT2D eigenvalue weighted by atomic mass is 10.1. The third-order valence-electron chi connectivity index (χ3n) is 3.18. The van der Waals surface area contributed by atoms with Crippen LogP contribution in [-0.2, 0) is 0 Å². The fourth-order valence-electron chi connectivity index (χ4n) is 2.25. The maximum absolute atomic E-state index is 12.2. The molecule has 3 rings (SSSR count). The van der Waals surface area contributed by atoms with Crippen molar-refractivity contribution in [2.75, 3.05) is 14.1 Å². The summed E-state index contributed by atoms with van der Waals surface area (Å²) in [6, 6.07) is 9.67. The first-order valence-electron chi connectivity index (χ1n) is 6.15. The van der Waals surface area contributed by atoms with Crippen molar-refractivity contribution in [1.82, 2.24) is 9.88 Å². The Kier molecular flexibility index (Phi) is 2.67. The fraction of sp³-hybridized carbons (Fsp3) is 0.125. The van der Waals surface area contributed by atoms with Gasteiger partial charge < -0.3 is 4.90 Å². The Morgan fingerprint density at radius 2 is 1.79 bits per heavy atom. The maximum atomic E-state index is 12.2. The fourth-order valence-corrected chi connectivity index (χ4v) is 2.25. The number of carbonyl (C=O) groups is 1. The maximum Gasteiger partial charge on any atom is 0.195 e. The summed E-state index contributed by atoms with van der Waals surface area (Å²) >= 11 is 0. The van der Waals surface area contributed by atoms with E-state index in [0.29, 0.717) is 5.56 Å². The summed E-state index contributed by atoms with van der Waals surface area (Å²) in [5, 5.41) is 0. The summed E-state index contributed by atoms with van der Waals surface area (Å²) in [7, 11) is 3.92. The molecule has 0 fully saturated rings. The topological polar surface area (TPSA) is 33.2 Å². The number of fused-ring (bicyclic) bond motifs is 3. The quantitative estimate of drug-likeness (QED) is 0.701. The van der Waals surface area contributed by atoms with Gasteiger partial charge in [0.05, 0.1) is 5.69 Å². The van der Waals surface area contributed by atoms with Crippen molar-refractivity contribution in [3.63, 3.8) is 0 Å². The molecule has 1 aromatic carbocycles. The highest BCUT2D eigenvalue weighted by molar-refractivity contribution is 6.21. The smallest absolute Gasteiger partial charge is 0.195 e. The number of carbonyl (C=O) groups excluding carboxylic acids is 1. The molecule has 0 N–H and O–H groups in total. The zero-order valence-corrected chi connectivity index (χ0v) is 10.9. The summed E-state index contributed by atoms with van der Waals surface area (Å²) in [5.41, 5.74) is 4.31. The standard InChI is InChI=1S/C16H14N2O/c1-18(2)8-7-11-9-14-12-5-3-4-6-13(12)16(19)15(14)10-17-11/h3-10H,1-2H3. The van der Waals surface area contributed by atoms with Gasteiger partial charge in [-0.1, -0.05) is 24.3 Å². The lowest BCUT2D eigenvalue weighted by molar-refractivity contribution is 0.104. The van der Waals surface area contributed by atoms with Gasteiger partial charge >= 0.3 is 0 Å². The average Bonchev–Trinajstić information content (AvgIpc) is 2.71. The molecule has 0 saturated carbocycles. The second-order valence-corrected chi connectivity index (χ2v) is 4.81. The Hall–Kier alpha value is -2.42. The first-order chi connectivity index (χ1) is 9.16. The van der Waals surface area contributed by atoms with Crippen LogP contribution >= 0.6 is 0 Å². The van der Waals surface area contributed by atoms with Gasteiger partial charge in [-0.15, -0.1) is 0 Å². The third-order valence-corrected chi connectivity index (χ3v) is 3.18. The van der Waals surface area contributed by atoms with E-state index in [1.54, 1.807) is 6.20 Å². The van der Waals surface area contributed by atoms with Crippen molar-refractivity contribution in [2.45, 2.75) is 0 Å². The molecule has 2 aromatic rings. The minimum Gasteiger partial charge on any atom is -0.383 e. The molecule has 0 aliphatic heterocycles. The minimum atomic E-state index is 0.0706. The lowest BCUT2D eigenvalue weighted by Gasteiger charge is -2.04. The molecule has 3 heteroatoms. The Morgan fingerprint density at radius 1 is 1.05 bits per heavy atom. The number of hydrogen-bond acceptors (Lipinski definition) is 3. The average molecular weight is 250 g/mol. The number of pyridine rings is 1. The van der Waals surface area contributed by atoms with Crippen LogP contribution in [0.25, 0.3) is 17.2 Å². The van der Waals surface area contributed by atoms with Gasteiger partial charge in [0.2, 0.25) is 0 Å². The number of hydrogen-bond donors (Lipinski definition) is 0. The molecular formula is C16H14N2O. The first-order valence-corrected chi connectivity index (χ1v) is 6.15. The summed E-state index contributed by atoms with van der Waals surface area (Å²) in [6.07, 6.45) is 5.55. The van der Waals surface area contributed by atoms with Gasteiger partial charge in [0.15, 0.2) is 5.78 Å². The van der Waals surface area contributed by atoms with E-state index in [2.05, 4.69) is 4.98 Å². The molecule has 1 aliphatic rings. The number of ketones is 1. The molecule has 1 aromatic heterocycles. The minimum absolute atomic E-state index is 0.0706. The van der Waals surface area contributed by atoms with Gasteiger partial charge in [0.1, 0.15) is 0 Å². The molecule has 0 saturated heterocycles. The van der Waals surface area contributed by atoms with E-state index in [0.717, 1.165) is 22.4 Å². The van der Waals surface area contributed by atoms with Crippen molar-refractivity contribution in [3.8, 4) is 11.1 Å². The molecule has 0 bridgehead atoms. The van der Waals surface area contributed by atoms with Crippen LogP contribution in [0.3, 0.4) is 0 Å². The first kappa shape index (κ1) is 11.7. The number of nitrogens with zero attached hydrogens (tertiary/aromatic N) is 2. The van der Waals surface area contributed by atoms with Gasteiger partial charge in [-0.05, 0) is 23.3 Å². The van der Waals surface area contributed by atoms with Gasteiger partial charge in [-0.3, -0.25) is 9.78 Å². The third kappa shape index (κ3) is 1.93. The largest absolute Gasteiger partial charge is 0.383 e. The number of aromatic nitrogens is 1. The van der Waals surface area contributed by atoms with E-state index in [1.807, 2.05) is 61.6 Å². The second-order valence-electron chi connectivity index (χ2n) is 4.81. The predicted octanol–water partition coefficient (Wildman–Crippen LogP) is 2.83. The van der Waals surface area contributed by atoms with Crippen LogP contribution in [0.15, 0.2) is 42.7 Å². The molecule has 19 heavy (non-hydrogen) atoms. The van der Waals surface area contributed by atoms with Crippen LogP contribution in [0.4, 0.5) is 0 Å². The molecule has 94 valence electrons. The molecule has 0 amide bonds. The van der Waals surface area contributed by atoms with Crippen LogP contribution < -0.4 is 0 Å². The summed E-state index contributed by atoms with van der Waals surface area (Å²) in [6.45, 7) is 0. The Labute approximate surface area is 112 Å². The number of rotatable bonds is 2. The van der Waals surface area contributed by atoms with E-state index in [4.69, 9.17) is 0 Å². The highest BCUT2D eigenvalue weighted by Crippen LogP contribution is 2.36. The SMILES string of the molecule is CN(C)C=Cc1cc2c(cn1)C(=O)c1ccccc1-2. The molecule has 0 atom stereocenters. The number of benzene rings is 1. The normalized spacial score (nSPS) is 12.6. The van der Waals surface area contributed by atoms with Gasteiger partial charge in [-0.2, -0.15) is 0 Å². The molecule has 1 heterocycles. The van der Waals surface area contributed by atoms with Gasteiger partial charge in [-0.25, -0.2) is 0 Å². The van der Waals surface area contributed by atoms with E-state index < -0.39 is 0 Å².